The maximum atomic E-state index is 12.6. The normalized spacial score (nSPS) is 9.50. The van der Waals surface area contributed by atoms with Crippen LogP contribution in [0.5, 0.6) is 0 Å². The van der Waals surface area contributed by atoms with Crippen LogP contribution in [0.1, 0.15) is 0 Å². The first-order valence-electron chi connectivity index (χ1n) is 2.73. The van der Waals surface area contributed by atoms with Crippen molar-refractivity contribution in [2.75, 3.05) is 12.4 Å². The average molecular weight is 161 g/mol. The van der Waals surface area contributed by atoms with Crippen LogP contribution in [0.3, 0.4) is 0 Å². The van der Waals surface area contributed by atoms with Crippen molar-refractivity contribution in [2.45, 2.75) is 0 Å². The molecule has 1 aromatic rings. The van der Waals surface area contributed by atoms with E-state index < -0.39 is 5.82 Å². The number of aromatic nitrogens is 1. The van der Waals surface area contributed by atoms with E-state index in [4.69, 9.17) is 11.6 Å². The van der Waals surface area contributed by atoms with Crippen molar-refractivity contribution in [3.05, 3.63) is 23.2 Å². The number of anilines is 1. The molecule has 0 atom stereocenters. The second-order valence-corrected chi connectivity index (χ2v) is 2.12. The summed E-state index contributed by atoms with van der Waals surface area (Å²) in [5, 5.41) is 2.92. The number of hydrogen-bond acceptors (Lipinski definition) is 2. The van der Waals surface area contributed by atoms with Gasteiger partial charge in [-0.15, -0.1) is 0 Å². The smallest absolute Gasteiger partial charge is 0.164 e. The lowest BCUT2D eigenvalue weighted by molar-refractivity contribution is 0.625. The van der Waals surface area contributed by atoms with Crippen LogP contribution in [-0.2, 0) is 0 Å². The van der Waals surface area contributed by atoms with Gasteiger partial charge in [0.05, 0.1) is 11.9 Å². The number of halogens is 2. The number of rotatable bonds is 1. The van der Waals surface area contributed by atoms with E-state index in [2.05, 4.69) is 10.3 Å². The zero-order valence-electron chi connectivity index (χ0n) is 5.36. The fourth-order valence-corrected chi connectivity index (χ4v) is 0.763. The van der Waals surface area contributed by atoms with E-state index in [1.54, 1.807) is 7.05 Å². The molecule has 0 saturated carbocycles. The molecular weight excluding hydrogens is 155 g/mol. The Morgan fingerprint density at radius 3 is 2.90 bits per heavy atom. The average Bonchev–Trinajstić information content (AvgIpc) is 1.94. The molecule has 0 amide bonds. The molecule has 2 nitrogen and oxygen atoms in total. The third-order valence-corrected chi connectivity index (χ3v) is 1.30. The minimum atomic E-state index is -0.396. The Bertz CT molecular complexity index is 239. The number of nitrogens with one attached hydrogen (secondary N) is 1. The molecule has 0 fully saturated rings. The van der Waals surface area contributed by atoms with Crippen molar-refractivity contribution in [1.82, 2.24) is 4.98 Å². The van der Waals surface area contributed by atoms with Crippen molar-refractivity contribution in [1.29, 1.82) is 0 Å². The largest absolute Gasteiger partial charge is 0.386 e. The fraction of sp³-hybridized carbons (Fsp3) is 0.167. The summed E-state index contributed by atoms with van der Waals surface area (Å²) < 4.78 is 12.6. The predicted octanol–water partition coefficient (Wildman–Crippen LogP) is 1.92. The van der Waals surface area contributed by atoms with E-state index in [-0.39, 0.29) is 5.15 Å². The van der Waals surface area contributed by atoms with Gasteiger partial charge in [-0.25, -0.2) is 9.37 Å². The molecule has 1 aromatic heterocycles. The van der Waals surface area contributed by atoms with Crippen LogP contribution in [0.2, 0.25) is 5.15 Å². The van der Waals surface area contributed by atoms with Crippen LogP contribution in [0.25, 0.3) is 0 Å². The Morgan fingerprint density at radius 1 is 1.70 bits per heavy atom. The highest BCUT2D eigenvalue weighted by molar-refractivity contribution is 6.29. The standard InChI is InChI=1S/C6H6ClFN2/c1-9-5-2-6(7)10-3-4(5)8/h2-3H,1H3,(H,9,10). The summed E-state index contributed by atoms with van der Waals surface area (Å²) >= 11 is 5.48. The fourth-order valence-electron chi connectivity index (χ4n) is 0.605. The monoisotopic (exact) mass is 160 g/mol. The van der Waals surface area contributed by atoms with Crippen LogP contribution in [0, 0.1) is 5.82 Å². The van der Waals surface area contributed by atoms with E-state index in [0.717, 1.165) is 6.20 Å². The summed E-state index contributed by atoms with van der Waals surface area (Å²) in [6, 6.07) is 1.43. The van der Waals surface area contributed by atoms with Gasteiger partial charge >= 0.3 is 0 Å². The first-order valence-corrected chi connectivity index (χ1v) is 3.10. The maximum absolute atomic E-state index is 12.6. The first-order chi connectivity index (χ1) is 4.74. The Balaban J connectivity index is 3.09. The van der Waals surface area contributed by atoms with Gasteiger partial charge in [-0.1, -0.05) is 11.6 Å². The van der Waals surface area contributed by atoms with Crippen molar-refractivity contribution >= 4 is 17.3 Å². The van der Waals surface area contributed by atoms with Crippen molar-refractivity contribution in [3.8, 4) is 0 Å². The van der Waals surface area contributed by atoms with Crippen LogP contribution < -0.4 is 5.32 Å². The van der Waals surface area contributed by atoms with Crippen molar-refractivity contribution in [2.24, 2.45) is 0 Å². The highest BCUT2D eigenvalue weighted by atomic mass is 35.5. The summed E-state index contributed by atoms with van der Waals surface area (Å²) in [5.41, 5.74) is 0.361. The molecule has 1 heterocycles. The van der Waals surface area contributed by atoms with Gasteiger partial charge in [0.15, 0.2) is 5.82 Å². The van der Waals surface area contributed by atoms with Gasteiger partial charge in [0.1, 0.15) is 5.15 Å². The zero-order chi connectivity index (χ0) is 7.56. The van der Waals surface area contributed by atoms with Gasteiger partial charge in [0.2, 0.25) is 0 Å². The second kappa shape index (κ2) is 2.84. The Labute approximate surface area is 63.0 Å². The molecule has 0 aromatic carbocycles. The highest BCUT2D eigenvalue weighted by Gasteiger charge is 1.99. The van der Waals surface area contributed by atoms with Crippen LogP contribution in [-0.4, -0.2) is 12.0 Å². The van der Waals surface area contributed by atoms with Gasteiger partial charge in [0, 0.05) is 13.1 Å². The molecule has 0 aliphatic rings. The first kappa shape index (κ1) is 7.28. The van der Waals surface area contributed by atoms with Crippen LogP contribution in [0.4, 0.5) is 10.1 Å². The molecule has 0 bridgehead atoms. The molecule has 0 saturated heterocycles. The van der Waals surface area contributed by atoms with Gasteiger partial charge in [-0.2, -0.15) is 0 Å². The summed E-state index contributed by atoms with van der Waals surface area (Å²) in [4.78, 5) is 3.54. The summed E-state index contributed by atoms with van der Waals surface area (Å²) in [6.07, 6.45) is 1.08. The third kappa shape index (κ3) is 1.36. The molecular formula is C6H6ClFN2. The van der Waals surface area contributed by atoms with Gasteiger partial charge in [0.25, 0.3) is 0 Å². The second-order valence-electron chi connectivity index (χ2n) is 1.74. The number of hydrogen-bond donors (Lipinski definition) is 1. The van der Waals surface area contributed by atoms with Crippen molar-refractivity contribution in [3.63, 3.8) is 0 Å². The molecule has 1 rings (SSSR count). The van der Waals surface area contributed by atoms with Gasteiger partial charge in [-0.05, 0) is 0 Å². The third-order valence-electron chi connectivity index (χ3n) is 1.09. The van der Waals surface area contributed by atoms with Gasteiger partial charge in [-0.3, -0.25) is 0 Å². The van der Waals surface area contributed by atoms with E-state index in [0.29, 0.717) is 5.69 Å². The summed E-state index contributed by atoms with van der Waals surface area (Å²) in [5.74, 6) is -0.396. The van der Waals surface area contributed by atoms with E-state index in [9.17, 15) is 4.39 Å². The number of nitrogens with zero attached hydrogens (tertiary/aromatic N) is 1. The molecule has 54 valence electrons. The minimum absolute atomic E-state index is 0.283. The Morgan fingerprint density at radius 2 is 2.40 bits per heavy atom. The summed E-state index contributed by atoms with van der Waals surface area (Å²) in [7, 11) is 1.62. The van der Waals surface area contributed by atoms with E-state index in [1.165, 1.54) is 6.07 Å². The topological polar surface area (TPSA) is 24.9 Å². The van der Waals surface area contributed by atoms with E-state index >= 15 is 0 Å². The molecule has 0 aliphatic heterocycles. The minimum Gasteiger partial charge on any atom is -0.386 e. The SMILES string of the molecule is CNc1cc(Cl)ncc1F. The van der Waals surface area contributed by atoms with E-state index in [1.807, 2.05) is 0 Å². The molecule has 1 N–H and O–H groups in total. The molecule has 0 aliphatic carbocycles. The molecule has 10 heavy (non-hydrogen) atoms. The Hall–Kier alpha value is -0.830. The molecule has 0 radical (unpaired) electrons. The zero-order valence-corrected chi connectivity index (χ0v) is 6.11. The lowest BCUT2D eigenvalue weighted by Crippen LogP contribution is -1.92. The maximum Gasteiger partial charge on any atom is 0.164 e. The summed E-state index contributed by atoms with van der Waals surface area (Å²) in [6.45, 7) is 0. The number of pyridine rings is 1. The lowest BCUT2D eigenvalue weighted by Gasteiger charge is -1.99. The van der Waals surface area contributed by atoms with Crippen LogP contribution in [0.15, 0.2) is 12.3 Å². The Kier molecular flexibility index (Phi) is 2.06. The lowest BCUT2D eigenvalue weighted by atomic mass is 10.4. The molecule has 4 heteroatoms. The van der Waals surface area contributed by atoms with Crippen molar-refractivity contribution < 1.29 is 4.39 Å². The molecule has 0 unspecified atom stereocenters. The molecule has 0 spiro atoms. The predicted molar refractivity (Wildman–Crippen MR) is 38.8 cm³/mol. The van der Waals surface area contributed by atoms with Gasteiger partial charge < -0.3 is 5.32 Å². The van der Waals surface area contributed by atoms with Crippen LogP contribution >= 0.6 is 11.6 Å². The highest BCUT2D eigenvalue weighted by Crippen LogP contribution is 2.15. The quantitative estimate of drug-likeness (QED) is 0.635.